The standard InChI is InChI=1S/C20H16N4O3S/c1-12-3-5-14(6-4-12)28(25,26)27-18-8-7-17-19-15(18)9-13-10-21-22-11-16(13)20(19)23-24(17)2/h3-11,23H,1-2H3. The Hall–Kier alpha value is -3.39. The van der Waals surface area contributed by atoms with Gasteiger partial charge in [0.15, 0.2) is 5.75 Å². The van der Waals surface area contributed by atoms with E-state index in [4.69, 9.17) is 4.18 Å². The van der Waals surface area contributed by atoms with Crippen molar-refractivity contribution in [1.82, 2.24) is 10.2 Å². The fraction of sp³-hybridized carbons (Fsp3) is 0.100. The maximum Gasteiger partial charge on any atom is 0.339 e. The molecular weight excluding hydrogens is 376 g/mol. The average molecular weight is 392 g/mol. The topological polar surface area (TPSA) is 84.4 Å². The summed E-state index contributed by atoms with van der Waals surface area (Å²) < 4.78 is 31.2. The van der Waals surface area contributed by atoms with Gasteiger partial charge in [-0.15, -0.1) is 0 Å². The fourth-order valence-electron chi connectivity index (χ4n) is 3.51. The molecule has 8 heteroatoms. The van der Waals surface area contributed by atoms with E-state index in [2.05, 4.69) is 15.6 Å². The minimum atomic E-state index is -3.96. The number of hydrogen-bond acceptors (Lipinski definition) is 7. The zero-order valence-corrected chi connectivity index (χ0v) is 16.0. The van der Waals surface area contributed by atoms with Gasteiger partial charge >= 0.3 is 10.1 Å². The Morgan fingerprint density at radius 2 is 1.75 bits per heavy atom. The van der Waals surface area contributed by atoms with Crippen molar-refractivity contribution in [3.05, 3.63) is 60.4 Å². The lowest BCUT2D eigenvalue weighted by Gasteiger charge is -2.13. The van der Waals surface area contributed by atoms with E-state index in [0.717, 1.165) is 33.1 Å². The zero-order chi connectivity index (χ0) is 19.5. The molecule has 1 aliphatic heterocycles. The van der Waals surface area contributed by atoms with Crippen LogP contribution >= 0.6 is 0 Å². The number of hydrazine groups is 1. The monoisotopic (exact) mass is 392 g/mol. The first-order valence-electron chi connectivity index (χ1n) is 8.66. The van der Waals surface area contributed by atoms with E-state index in [9.17, 15) is 8.42 Å². The summed E-state index contributed by atoms with van der Waals surface area (Å²) in [6.07, 6.45) is 3.34. The molecule has 0 bridgehead atoms. The minimum Gasteiger partial charge on any atom is -0.378 e. The van der Waals surface area contributed by atoms with Crippen molar-refractivity contribution in [2.24, 2.45) is 0 Å². The van der Waals surface area contributed by atoms with Crippen LogP contribution in [0.25, 0.3) is 21.5 Å². The van der Waals surface area contributed by atoms with Gasteiger partial charge in [0.05, 0.1) is 23.8 Å². The van der Waals surface area contributed by atoms with Gasteiger partial charge in [-0.05, 0) is 37.3 Å². The van der Waals surface area contributed by atoms with Gasteiger partial charge < -0.3 is 4.18 Å². The number of hydrogen-bond donors (Lipinski definition) is 1. The zero-order valence-electron chi connectivity index (χ0n) is 15.2. The molecule has 0 unspecified atom stereocenters. The van der Waals surface area contributed by atoms with Gasteiger partial charge in [0.25, 0.3) is 0 Å². The summed E-state index contributed by atoms with van der Waals surface area (Å²) in [5, 5.41) is 13.1. The van der Waals surface area contributed by atoms with Crippen LogP contribution < -0.4 is 14.6 Å². The lowest BCUT2D eigenvalue weighted by molar-refractivity contribution is 0.489. The minimum absolute atomic E-state index is 0.118. The van der Waals surface area contributed by atoms with Crippen molar-refractivity contribution < 1.29 is 12.6 Å². The summed E-state index contributed by atoms with van der Waals surface area (Å²) in [5.74, 6) is 0.274. The first-order chi connectivity index (χ1) is 13.4. The summed E-state index contributed by atoms with van der Waals surface area (Å²) in [5.41, 5.74) is 6.07. The summed E-state index contributed by atoms with van der Waals surface area (Å²) in [6, 6.07) is 12.0. The predicted octanol–water partition coefficient (Wildman–Crippen LogP) is 3.64. The molecule has 1 aliphatic rings. The highest BCUT2D eigenvalue weighted by Crippen LogP contribution is 2.46. The molecule has 0 saturated carbocycles. The van der Waals surface area contributed by atoms with Gasteiger partial charge in [-0.3, -0.25) is 10.4 Å². The van der Waals surface area contributed by atoms with Crippen LogP contribution in [0.15, 0.2) is 59.8 Å². The summed E-state index contributed by atoms with van der Waals surface area (Å²) in [4.78, 5) is 0.118. The molecule has 4 aromatic rings. The second kappa shape index (κ2) is 5.80. The number of aromatic nitrogens is 2. The summed E-state index contributed by atoms with van der Waals surface area (Å²) >= 11 is 0. The molecule has 0 aliphatic carbocycles. The highest BCUT2D eigenvalue weighted by Gasteiger charge is 2.25. The molecule has 28 heavy (non-hydrogen) atoms. The van der Waals surface area contributed by atoms with Crippen molar-refractivity contribution in [1.29, 1.82) is 0 Å². The highest BCUT2D eigenvalue weighted by atomic mass is 32.2. The molecule has 1 N–H and O–H groups in total. The van der Waals surface area contributed by atoms with Crippen LogP contribution in [-0.2, 0) is 10.1 Å². The average Bonchev–Trinajstić information content (AvgIpc) is 3.02. The molecule has 0 saturated heterocycles. The normalized spacial score (nSPS) is 13.1. The highest BCUT2D eigenvalue weighted by molar-refractivity contribution is 7.87. The predicted molar refractivity (Wildman–Crippen MR) is 108 cm³/mol. The van der Waals surface area contributed by atoms with Gasteiger partial charge in [-0.1, -0.05) is 17.7 Å². The van der Waals surface area contributed by atoms with Crippen LogP contribution in [0.1, 0.15) is 5.56 Å². The molecule has 140 valence electrons. The summed E-state index contributed by atoms with van der Waals surface area (Å²) in [6.45, 7) is 1.90. The second-order valence-electron chi connectivity index (χ2n) is 6.77. The van der Waals surface area contributed by atoms with Crippen molar-refractivity contribution in [3.8, 4) is 5.75 Å². The van der Waals surface area contributed by atoms with Gasteiger partial charge in [0.2, 0.25) is 0 Å². The number of aryl methyl sites for hydroxylation is 1. The number of fused-ring (bicyclic) bond motifs is 2. The maximum atomic E-state index is 12.8. The molecule has 7 nitrogen and oxygen atoms in total. The lowest BCUT2D eigenvalue weighted by atomic mass is 10.0. The second-order valence-corrected chi connectivity index (χ2v) is 8.32. The van der Waals surface area contributed by atoms with Crippen molar-refractivity contribution in [3.63, 3.8) is 0 Å². The van der Waals surface area contributed by atoms with Crippen LogP contribution in [0.3, 0.4) is 0 Å². The molecule has 0 spiro atoms. The van der Waals surface area contributed by atoms with Crippen LogP contribution in [0.5, 0.6) is 5.75 Å². The van der Waals surface area contributed by atoms with E-state index in [1.807, 2.05) is 31.1 Å². The van der Waals surface area contributed by atoms with E-state index in [1.54, 1.807) is 42.7 Å². The lowest BCUT2D eigenvalue weighted by Crippen LogP contribution is -2.19. The van der Waals surface area contributed by atoms with Gasteiger partial charge in [0, 0.05) is 28.6 Å². The molecular formula is C20H16N4O3S. The van der Waals surface area contributed by atoms with Crippen LogP contribution in [0, 0.1) is 6.92 Å². The van der Waals surface area contributed by atoms with Crippen LogP contribution in [-0.4, -0.2) is 25.7 Å². The Kier molecular flexibility index (Phi) is 3.47. The quantitative estimate of drug-likeness (QED) is 0.421. The largest absolute Gasteiger partial charge is 0.378 e. The Morgan fingerprint density at radius 3 is 2.54 bits per heavy atom. The van der Waals surface area contributed by atoms with E-state index >= 15 is 0 Å². The number of nitrogens with one attached hydrogen (secondary N) is 1. The van der Waals surface area contributed by atoms with Crippen molar-refractivity contribution in [2.45, 2.75) is 11.8 Å². The first kappa shape index (κ1) is 16.8. The third kappa shape index (κ3) is 2.45. The fourth-order valence-corrected chi connectivity index (χ4v) is 4.45. The molecule has 0 radical (unpaired) electrons. The molecule has 5 rings (SSSR count). The molecule has 1 aromatic heterocycles. The number of anilines is 2. The maximum absolute atomic E-state index is 12.8. The third-order valence-corrected chi connectivity index (χ3v) is 6.16. The number of nitrogens with zero attached hydrogens (tertiary/aromatic N) is 3. The Labute approximate surface area is 161 Å². The van der Waals surface area contributed by atoms with Crippen LogP contribution in [0.2, 0.25) is 0 Å². The summed E-state index contributed by atoms with van der Waals surface area (Å²) in [7, 11) is -2.05. The first-order valence-corrected chi connectivity index (χ1v) is 10.1. The van der Waals surface area contributed by atoms with E-state index in [-0.39, 0.29) is 10.6 Å². The Bertz CT molecular complexity index is 1350. The van der Waals surface area contributed by atoms with Crippen molar-refractivity contribution >= 4 is 43.0 Å². The van der Waals surface area contributed by atoms with Gasteiger partial charge in [0.1, 0.15) is 4.90 Å². The number of benzene rings is 3. The number of rotatable bonds is 3. The van der Waals surface area contributed by atoms with E-state index in [0.29, 0.717) is 5.39 Å². The van der Waals surface area contributed by atoms with E-state index in [1.165, 1.54) is 0 Å². The molecule has 0 fully saturated rings. The SMILES string of the molecule is Cc1ccc(S(=O)(=O)Oc2ccc3c4c(c5cnncc5cc24)NN3C)cc1. The molecule has 0 amide bonds. The Balaban J connectivity index is 1.72. The molecule has 2 heterocycles. The van der Waals surface area contributed by atoms with Crippen molar-refractivity contribution in [2.75, 3.05) is 17.5 Å². The van der Waals surface area contributed by atoms with Crippen LogP contribution in [0.4, 0.5) is 11.4 Å². The third-order valence-electron chi connectivity index (χ3n) is 4.91. The smallest absolute Gasteiger partial charge is 0.339 e. The van der Waals surface area contributed by atoms with E-state index < -0.39 is 10.1 Å². The van der Waals surface area contributed by atoms with Gasteiger partial charge in [-0.25, -0.2) is 0 Å². The Morgan fingerprint density at radius 1 is 1.00 bits per heavy atom. The molecule has 0 atom stereocenters. The molecule has 3 aromatic carbocycles. The van der Waals surface area contributed by atoms with Gasteiger partial charge in [-0.2, -0.15) is 18.6 Å².